The number of nitrogens with one attached hydrogen (secondary N) is 2. The van der Waals surface area contributed by atoms with Crippen LogP contribution in [0.1, 0.15) is 27.6 Å². The Kier molecular flexibility index (Phi) is 5.47. The summed E-state index contributed by atoms with van der Waals surface area (Å²) in [5.74, 6) is -0.970. The number of hydrogen-bond acceptors (Lipinski definition) is 4. The summed E-state index contributed by atoms with van der Waals surface area (Å²) in [7, 11) is 0. The first kappa shape index (κ1) is 18.5. The van der Waals surface area contributed by atoms with Crippen molar-refractivity contribution < 1.29 is 14.0 Å². The highest BCUT2D eigenvalue weighted by molar-refractivity contribution is 6.31. The van der Waals surface area contributed by atoms with Crippen LogP contribution in [0.25, 0.3) is 0 Å². The molecular weight excluding hydrogens is 369 g/mol. The van der Waals surface area contributed by atoms with Gasteiger partial charge in [-0.3, -0.25) is 14.6 Å². The molecule has 2 aromatic carbocycles. The lowest BCUT2D eigenvalue weighted by Gasteiger charge is -2.09. The van der Waals surface area contributed by atoms with Gasteiger partial charge in [-0.1, -0.05) is 23.7 Å². The van der Waals surface area contributed by atoms with E-state index >= 15 is 0 Å². The van der Waals surface area contributed by atoms with Crippen molar-refractivity contribution in [3.05, 3.63) is 82.9 Å². The molecule has 1 amide bonds. The van der Waals surface area contributed by atoms with Gasteiger partial charge < -0.3 is 10.6 Å². The Bertz CT molecular complexity index is 1020. The summed E-state index contributed by atoms with van der Waals surface area (Å²) in [6.45, 7) is 1.46. The van der Waals surface area contributed by atoms with Crippen molar-refractivity contribution in [2.24, 2.45) is 0 Å². The topological polar surface area (TPSA) is 71.1 Å². The minimum atomic E-state index is -0.513. The molecule has 0 fully saturated rings. The highest BCUT2D eigenvalue weighted by Gasteiger charge is 2.09. The van der Waals surface area contributed by atoms with Gasteiger partial charge in [0.05, 0.1) is 22.5 Å². The fourth-order valence-corrected chi connectivity index (χ4v) is 2.57. The molecule has 0 aliphatic heterocycles. The first-order chi connectivity index (χ1) is 12.9. The molecule has 3 aromatic rings. The van der Waals surface area contributed by atoms with E-state index in [0.29, 0.717) is 28.2 Å². The Labute approximate surface area is 160 Å². The Balaban J connectivity index is 1.76. The van der Waals surface area contributed by atoms with Crippen LogP contribution in [0, 0.1) is 5.82 Å². The number of ketones is 1. The van der Waals surface area contributed by atoms with Crippen molar-refractivity contribution in [2.45, 2.75) is 6.92 Å². The molecule has 0 unspecified atom stereocenters. The van der Waals surface area contributed by atoms with E-state index in [1.165, 1.54) is 37.5 Å². The summed E-state index contributed by atoms with van der Waals surface area (Å²) < 4.78 is 13.2. The molecule has 0 saturated heterocycles. The number of carbonyl (C=O) groups excluding carboxylic acids is 2. The molecule has 0 bridgehead atoms. The maximum absolute atomic E-state index is 13.2. The van der Waals surface area contributed by atoms with Gasteiger partial charge in [0.2, 0.25) is 0 Å². The van der Waals surface area contributed by atoms with Crippen LogP contribution in [0.15, 0.2) is 60.9 Å². The number of Topliss-reactive ketones (excluding diaryl/α,β-unsaturated/α-hetero) is 1. The summed E-state index contributed by atoms with van der Waals surface area (Å²) >= 11 is 5.77. The zero-order valence-electron chi connectivity index (χ0n) is 14.3. The van der Waals surface area contributed by atoms with Crippen LogP contribution >= 0.6 is 11.6 Å². The number of pyridine rings is 1. The van der Waals surface area contributed by atoms with E-state index in [2.05, 4.69) is 15.6 Å². The predicted molar refractivity (Wildman–Crippen MR) is 103 cm³/mol. The fourth-order valence-electron chi connectivity index (χ4n) is 2.39. The number of aromatic nitrogens is 1. The van der Waals surface area contributed by atoms with Crippen molar-refractivity contribution in [3.8, 4) is 0 Å². The van der Waals surface area contributed by atoms with Crippen molar-refractivity contribution in [1.82, 2.24) is 4.98 Å². The highest BCUT2D eigenvalue weighted by atomic mass is 35.5. The lowest BCUT2D eigenvalue weighted by Crippen LogP contribution is -2.13. The van der Waals surface area contributed by atoms with E-state index in [4.69, 9.17) is 11.6 Å². The van der Waals surface area contributed by atoms with Crippen molar-refractivity contribution in [2.75, 3.05) is 10.6 Å². The van der Waals surface area contributed by atoms with E-state index in [1.807, 2.05) is 0 Å². The van der Waals surface area contributed by atoms with Crippen LogP contribution in [-0.2, 0) is 0 Å². The molecule has 0 spiro atoms. The fraction of sp³-hybridized carbons (Fsp3) is 0.0500. The SMILES string of the molecule is CC(=O)c1cccc(NC(=O)c2cncc(Nc3ccc(F)c(Cl)c3)c2)c1. The minimum Gasteiger partial charge on any atom is -0.354 e. The monoisotopic (exact) mass is 383 g/mol. The summed E-state index contributed by atoms with van der Waals surface area (Å²) in [6.07, 6.45) is 2.96. The number of benzene rings is 2. The van der Waals surface area contributed by atoms with Gasteiger partial charge in [-0.25, -0.2) is 4.39 Å². The van der Waals surface area contributed by atoms with Gasteiger partial charge in [0.25, 0.3) is 5.91 Å². The number of nitrogens with zero attached hydrogens (tertiary/aromatic N) is 1. The van der Waals surface area contributed by atoms with Crippen LogP contribution in [0.3, 0.4) is 0 Å². The van der Waals surface area contributed by atoms with Crippen LogP contribution in [0.5, 0.6) is 0 Å². The average molecular weight is 384 g/mol. The molecule has 1 heterocycles. The summed E-state index contributed by atoms with van der Waals surface area (Å²) in [6, 6.07) is 12.5. The van der Waals surface area contributed by atoms with Crippen molar-refractivity contribution in [3.63, 3.8) is 0 Å². The maximum atomic E-state index is 13.2. The Hall–Kier alpha value is -3.25. The van der Waals surface area contributed by atoms with Crippen LogP contribution < -0.4 is 10.6 Å². The number of hydrogen-bond donors (Lipinski definition) is 2. The second-order valence-corrected chi connectivity index (χ2v) is 6.21. The molecule has 2 N–H and O–H groups in total. The first-order valence-corrected chi connectivity index (χ1v) is 8.39. The quantitative estimate of drug-likeness (QED) is 0.603. The van der Waals surface area contributed by atoms with Gasteiger partial charge in [0, 0.05) is 23.1 Å². The highest BCUT2D eigenvalue weighted by Crippen LogP contribution is 2.23. The molecule has 1 aromatic heterocycles. The van der Waals surface area contributed by atoms with Crippen LogP contribution in [-0.4, -0.2) is 16.7 Å². The average Bonchev–Trinajstić information content (AvgIpc) is 2.65. The van der Waals surface area contributed by atoms with Gasteiger partial charge in [-0.2, -0.15) is 0 Å². The molecule has 27 heavy (non-hydrogen) atoms. The molecule has 7 heteroatoms. The van der Waals surface area contributed by atoms with E-state index in [-0.39, 0.29) is 16.7 Å². The third-order valence-electron chi connectivity index (χ3n) is 3.74. The molecule has 0 aliphatic carbocycles. The number of rotatable bonds is 5. The molecule has 0 aliphatic rings. The predicted octanol–water partition coefficient (Wildman–Crippen LogP) is 5.07. The zero-order chi connectivity index (χ0) is 19.4. The molecule has 5 nitrogen and oxygen atoms in total. The van der Waals surface area contributed by atoms with Crippen molar-refractivity contribution in [1.29, 1.82) is 0 Å². The van der Waals surface area contributed by atoms with Crippen LogP contribution in [0.4, 0.5) is 21.5 Å². The summed E-state index contributed by atoms with van der Waals surface area (Å²) in [5.41, 5.74) is 2.45. The van der Waals surface area contributed by atoms with Gasteiger partial charge >= 0.3 is 0 Å². The molecule has 3 rings (SSSR count). The Morgan fingerprint density at radius 1 is 0.963 bits per heavy atom. The van der Waals surface area contributed by atoms with Gasteiger partial charge in [-0.15, -0.1) is 0 Å². The third-order valence-corrected chi connectivity index (χ3v) is 4.03. The molecular formula is C20H15ClFN3O2. The number of amides is 1. The number of halogens is 2. The van der Waals surface area contributed by atoms with E-state index in [0.717, 1.165) is 0 Å². The Morgan fingerprint density at radius 3 is 2.48 bits per heavy atom. The molecule has 0 atom stereocenters. The van der Waals surface area contributed by atoms with Gasteiger partial charge in [-0.05, 0) is 43.3 Å². The smallest absolute Gasteiger partial charge is 0.257 e. The number of carbonyl (C=O) groups is 2. The molecule has 0 radical (unpaired) electrons. The second-order valence-electron chi connectivity index (χ2n) is 5.81. The minimum absolute atomic E-state index is 0.00721. The van der Waals surface area contributed by atoms with E-state index < -0.39 is 5.82 Å². The van der Waals surface area contributed by atoms with Gasteiger partial charge in [0.15, 0.2) is 5.78 Å². The summed E-state index contributed by atoms with van der Waals surface area (Å²) in [5, 5.41) is 5.74. The Morgan fingerprint density at radius 2 is 1.74 bits per heavy atom. The lowest BCUT2D eigenvalue weighted by molar-refractivity contribution is 0.101. The molecule has 0 saturated carbocycles. The second kappa shape index (κ2) is 7.97. The van der Waals surface area contributed by atoms with Crippen molar-refractivity contribution >= 4 is 40.4 Å². The first-order valence-electron chi connectivity index (χ1n) is 8.02. The maximum Gasteiger partial charge on any atom is 0.257 e. The number of anilines is 3. The zero-order valence-corrected chi connectivity index (χ0v) is 15.0. The van der Waals surface area contributed by atoms with Crippen LogP contribution in [0.2, 0.25) is 5.02 Å². The summed E-state index contributed by atoms with van der Waals surface area (Å²) in [4.78, 5) is 28.0. The molecule has 136 valence electrons. The van der Waals surface area contributed by atoms with Gasteiger partial charge in [0.1, 0.15) is 5.82 Å². The lowest BCUT2D eigenvalue weighted by atomic mass is 10.1. The third kappa shape index (κ3) is 4.68. The standard InChI is InChI=1S/C20H15ClFN3O2/c1-12(26)13-3-2-4-15(7-13)25-20(27)14-8-17(11-23-10-14)24-16-5-6-19(22)18(21)9-16/h2-11,24H,1H3,(H,25,27). The van der Waals surface area contributed by atoms with E-state index in [1.54, 1.807) is 30.3 Å². The normalized spacial score (nSPS) is 10.3. The van der Waals surface area contributed by atoms with E-state index in [9.17, 15) is 14.0 Å². The largest absolute Gasteiger partial charge is 0.354 e.